The maximum Gasteiger partial charge on any atom is 0.0160 e. The fourth-order valence-corrected chi connectivity index (χ4v) is 2.10. The molecule has 56 valence electrons. The van der Waals surface area contributed by atoms with Gasteiger partial charge in [-0.1, -0.05) is 19.9 Å². The number of hydrogen-bond acceptors (Lipinski definition) is 1. The van der Waals surface area contributed by atoms with Crippen molar-refractivity contribution in [2.24, 2.45) is 0 Å². The Kier molecular flexibility index (Phi) is 3.07. The zero-order valence-electron chi connectivity index (χ0n) is 6.68. The van der Waals surface area contributed by atoms with E-state index in [0.717, 1.165) is 0 Å². The van der Waals surface area contributed by atoms with E-state index in [9.17, 15) is 0 Å². The maximum absolute atomic E-state index is 2.35. The highest BCUT2D eigenvalue weighted by molar-refractivity contribution is 8.02. The first-order valence-corrected chi connectivity index (χ1v) is 4.93. The van der Waals surface area contributed by atoms with Gasteiger partial charge in [-0.05, 0) is 29.4 Å². The summed E-state index contributed by atoms with van der Waals surface area (Å²) in [7, 11) is 0. The second-order valence-electron chi connectivity index (χ2n) is 2.41. The Bertz CT molecular complexity index is 146. The van der Waals surface area contributed by atoms with Gasteiger partial charge in [-0.3, -0.25) is 0 Å². The number of hydrogen-bond donors (Lipinski definition) is 0. The highest BCUT2D eigenvalue weighted by atomic mass is 32.2. The molecule has 0 bridgehead atoms. The van der Waals surface area contributed by atoms with E-state index in [1.807, 2.05) is 11.8 Å². The number of rotatable bonds is 2. The summed E-state index contributed by atoms with van der Waals surface area (Å²) in [5.74, 6) is 1.17. The van der Waals surface area contributed by atoms with Crippen LogP contribution in [0.25, 0.3) is 0 Å². The summed E-state index contributed by atoms with van der Waals surface area (Å²) in [6.45, 7) is 4.45. The van der Waals surface area contributed by atoms with Crippen LogP contribution in [0, 0.1) is 0 Å². The van der Waals surface area contributed by atoms with Crippen molar-refractivity contribution >= 4 is 11.8 Å². The van der Waals surface area contributed by atoms with Crippen LogP contribution in [0.5, 0.6) is 0 Å². The Labute approximate surface area is 67.4 Å². The van der Waals surface area contributed by atoms with E-state index in [0.29, 0.717) is 0 Å². The van der Waals surface area contributed by atoms with Crippen molar-refractivity contribution in [3.05, 3.63) is 22.6 Å². The Morgan fingerprint density at radius 2 is 2.00 bits per heavy atom. The molecule has 0 aromatic rings. The maximum atomic E-state index is 2.35. The van der Waals surface area contributed by atoms with Crippen molar-refractivity contribution in [3.8, 4) is 0 Å². The average molecular weight is 154 g/mol. The second kappa shape index (κ2) is 3.87. The topological polar surface area (TPSA) is 0 Å². The van der Waals surface area contributed by atoms with Crippen LogP contribution in [0.3, 0.4) is 0 Å². The van der Waals surface area contributed by atoms with Crippen LogP contribution < -0.4 is 0 Å². The zero-order valence-corrected chi connectivity index (χ0v) is 7.50. The molecule has 0 saturated heterocycles. The van der Waals surface area contributed by atoms with Crippen molar-refractivity contribution in [1.82, 2.24) is 0 Å². The van der Waals surface area contributed by atoms with Crippen molar-refractivity contribution in [2.45, 2.75) is 26.7 Å². The monoisotopic (exact) mass is 154 g/mol. The summed E-state index contributed by atoms with van der Waals surface area (Å²) >= 11 is 1.91. The molecule has 0 radical (unpaired) electrons. The molecule has 0 aromatic carbocycles. The third kappa shape index (κ3) is 1.66. The largest absolute Gasteiger partial charge is 0.130 e. The average Bonchev–Trinajstić information content (AvgIpc) is 2.04. The molecule has 0 saturated carbocycles. The van der Waals surface area contributed by atoms with Crippen LogP contribution in [0.4, 0.5) is 0 Å². The highest BCUT2D eigenvalue weighted by Crippen LogP contribution is 2.25. The van der Waals surface area contributed by atoms with Gasteiger partial charge in [0.2, 0.25) is 0 Å². The van der Waals surface area contributed by atoms with Crippen LogP contribution in [-0.2, 0) is 0 Å². The van der Waals surface area contributed by atoms with E-state index in [4.69, 9.17) is 0 Å². The van der Waals surface area contributed by atoms with Crippen LogP contribution in [-0.4, -0.2) is 5.75 Å². The molecule has 0 nitrogen and oxygen atoms in total. The van der Waals surface area contributed by atoms with Crippen LogP contribution in [0.2, 0.25) is 0 Å². The first kappa shape index (κ1) is 7.93. The lowest BCUT2D eigenvalue weighted by Gasteiger charge is -2.11. The fourth-order valence-electron chi connectivity index (χ4n) is 1.19. The van der Waals surface area contributed by atoms with Crippen LogP contribution in [0.15, 0.2) is 22.6 Å². The molecule has 0 spiro atoms. The Hall–Kier alpha value is -0.170. The molecular formula is C9H14S. The molecule has 1 aliphatic rings. The lowest BCUT2D eigenvalue weighted by atomic mass is 10.0. The third-order valence-electron chi connectivity index (χ3n) is 1.83. The minimum Gasteiger partial charge on any atom is -0.130 e. The Morgan fingerprint density at radius 1 is 1.30 bits per heavy atom. The summed E-state index contributed by atoms with van der Waals surface area (Å²) in [5, 5.41) is 2.30. The molecule has 1 aliphatic heterocycles. The fraction of sp³-hybridized carbons (Fsp3) is 0.556. The van der Waals surface area contributed by atoms with Crippen molar-refractivity contribution < 1.29 is 0 Å². The normalized spacial score (nSPS) is 18.2. The van der Waals surface area contributed by atoms with E-state index in [1.54, 1.807) is 11.1 Å². The zero-order chi connectivity index (χ0) is 7.40. The van der Waals surface area contributed by atoms with E-state index < -0.39 is 0 Å². The summed E-state index contributed by atoms with van der Waals surface area (Å²) in [6.07, 6.45) is 4.73. The van der Waals surface area contributed by atoms with E-state index in [2.05, 4.69) is 25.3 Å². The third-order valence-corrected chi connectivity index (χ3v) is 2.64. The lowest BCUT2D eigenvalue weighted by molar-refractivity contribution is 1.02. The SMILES string of the molecule is CCC1=CCSC=C1CC. The standard InChI is InChI=1S/C9H14S/c1-3-8-5-6-10-7-9(8)4-2/h5,7H,3-4,6H2,1-2H3. The summed E-state index contributed by atoms with van der Waals surface area (Å²) in [4.78, 5) is 0. The predicted molar refractivity (Wildman–Crippen MR) is 49.2 cm³/mol. The van der Waals surface area contributed by atoms with Gasteiger partial charge in [0.15, 0.2) is 0 Å². The number of thioether (sulfide) groups is 1. The van der Waals surface area contributed by atoms with Crippen LogP contribution >= 0.6 is 11.8 Å². The molecule has 0 aromatic heterocycles. The molecule has 0 unspecified atom stereocenters. The molecule has 1 heteroatoms. The molecule has 0 atom stereocenters. The first-order valence-electron chi connectivity index (χ1n) is 3.88. The number of allylic oxidation sites excluding steroid dienone is 2. The van der Waals surface area contributed by atoms with Gasteiger partial charge < -0.3 is 0 Å². The molecule has 0 amide bonds. The molecular weight excluding hydrogens is 140 g/mol. The van der Waals surface area contributed by atoms with Crippen molar-refractivity contribution in [1.29, 1.82) is 0 Å². The molecule has 1 rings (SSSR count). The molecule has 0 N–H and O–H groups in total. The molecule has 0 fully saturated rings. The van der Waals surface area contributed by atoms with Gasteiger partial charge in [-0.15, -0.1) is 11.8 Å². The van der Waals surface area contributed by atoms with E-state index in [1.165, 1.54) is 18.6 Å². The van der Waals surface area contributed by atoms with E-state index in [-0.39, 0.29) is 0 Å². The van der Waals surface area contributed by atoms with Gasteiger partial charge >= 0.3 is 0 Å². The Morgan fingerprint density at radius 3 is 2.50 bits per heavy atom. The van der Waals surface area contributed by atoms with Crippen LogP contribution in [0.1, 0.15) is 26.7 Å². The second-order valence-corrected chi connectivity index (χ2v) is 3.32. The quantitative estimate of drug-likeness (QED) is 0.587. The Balaban J connectivity index is 2.67. The summed E-state index contributed by atoms with van der Waals surface area (Å²) in [6, 6.07) is 0. The van der Waals surface area contributed by atoms with Crippen molar-refractivity contribution in [2.75, 3.05) is 5.75 Å². The van der Waals surface area contributed by atoms with Gasteiger partial charge in [0.1, 0.15) is 0 Å². The molecule has 0 aliphatic carbocycles. The first-order chi connectivity index (χ1) is 4.88. The minimum absolute atomic E-state index is 1.17. The van der Waals surface area contributed by atoms with Gasteiger partial charge in [0.05, 0.1) is 0 Å². The highest BCUT2D eigenvalue weighted by Gasteiger charge is 2.03. The van der Waals surface area contributed by atoms with Gasteiger partial charge in [0.25, 0.3) is 0 Å². The lowest BCUT2D eigenvalue weighted by Crippen LogP contribution is -1.92. The summed E-state index contributed by atoms with van der Waals surface area (Å²) < 4.78 is 0. The molecule has 10 heavy (non-hydrogen) atoms. The smallest absolute Gasteiger partial charge is 0.0160 e. The van der Waals surface area contributed by atoms with Gasteiger partial charge in [0, 0.05) is 5.75 Å². The van der Waals surface area contributed by atoms with Gasteiger partial charge in [-0.25, -0.2) is 0 Å². The van der Waals surface area contributed by atoms with E-state index >= 15 is 0 Å². The summed E-state index contributed by atoms with van der Waals surface area (Å²) in [5.41, 5.74) is 3.10. The molecule has 1 heterocycles. The van der Waals surface area contributed by atoms with Crippen molar-refractivity contribution in [3.63, 3.8) is 0 Å². The minimum atomic E-state index is 1.17. The predicted octanol–water partition coefficient (Wildman–Crippen LogP) is 3.36. The van der Waals surface area contributed by atoms with Gasteiger partial charge in [-0.2, -0.15) is 0 Å².